The average molecular weight is 998 g/mol. The van der Waals surface area contributed by atoms with E-state index < -0.39 is 30.3 Å². The number of nitro benzene ring substituents is 1. The maximum atomic E-state index is 14.1. The molecule has 0 unspecified atom stereocenters. The Labute approximate surface area is 412 Å². The van der Waals surface area contributed by atoms with Crippen LogP contribution in [0.1, 0.15) is 80.8 Å². The highest BCUT2D eigenvalue weighted by molar-refractivity contribution is 8.01. The lowest BCUT2D eigenvalue weighted by Crippen LogP contribution is -2.47. The predicted octanol–water partition coefficient (Wildman–Crippen LogP) is 9.88. The summed E-state index contributed by atoms with van der Waals surface area (Å²) >= 11 is 6.26. The monoisotopic (exact) mass is 996 g/mol. The molecule has 1 atom stereocenters. The normalized spacial score (nSPS) is 18.0. The number of likely N-dealkylation sites (tertiary alicyclic amines) is 1. The molecule has 2 aliphatic heterocycles. The van der Waals surface area contributed by atoms with Crippen LogP contribution in [0.2, 0.25) is 5.02 Å². The number of aromatic amines is 1. The van der Waals surface area contributed by atoms with Crippen molar-refractivity contribution in [1.29, 1.82) is 0 Å². The summed E-state index contributed by atoms with van der Waals surface area (Å²) in [7, 11) is -5.71. The van der Waals surface area contributed by atoms with Gasteiger partial charge in [0.15, 0.2) is 0 Å². The van der Waals surface area contributed by atoms with Crippen LogP contribution < -0.4 is 14.4 Å². The molecule has 17 heteroatoms. The number of amides is 1. The number of allylic oxidation sites excluding steroid dienone is 1. The molecule has 3 aliphatic rings. The highest BCUT2D eigenvalue weighted by atomic mass is 35.5. The molecule has 2 saturated heterocycles. The first kappa shape index (κ1) is 50.1. The van der Waals surface area contributed by atoms with Gasteiger partial charge in [0.1, 0.15) is 17.1 Å². The van der Waals surface area contributed by atoms with Crippen molar-refractivity contribution in [2.24, 2.45) is 15.7 Å². The molecule has 1 aliphatic carbocycles. The van der Waals surface area contributed by atoms with Crippen LogP contribution in [-0.2, 0) is 25.9 Å². The Morgan fingerprint density at radius 3 is 2.46 bits per heavy atom. The third-order valence-corrected chi connectivity index (χ3v) is 16.1. The van der Waals surface area contributed by atoms with Crippen molar-refractivity contribution in [2.75, 3.05) is 69.8 Å². The zero-order chi connectivity index (χ0) is 49.1. The van der Waals surface area contributed by atoms with Gasteiger partial charge in [-0.2, -0.15) is 0 Å². The minimum absolute atomic E-state index is 0.0251. The number of sulfonamides is 1. The van der Waals surface area contributed by atoms with Crippen molar-refractivity contribution >= 4 is 70.8 Å². The Morgan fingerprint density at radius 2 is 1.75 bits per heavy atom. The van der Waals surface area contributed by atoms with Gasteiger partial charge in [-0.3, -0.25) is 24.2 Å². The minimum Gasteiger partial charge on any atom is -0.455 e. The van der Waals surface area contributed by atoms with E-state index in [-0.39, 0.29) is 33.2 Å². The summed E-state index contributed by atoms with van der Waals surface area (Å²) in [5, 5.41) is 13.9. The van der Waals surface area contributed by atoms with E-state index in [0.29, 0.717) is 29.4 Å². The van der Waals surface area contributed by atoms with E-state index in [1.165, 1.54) is 35.0 Å². The van der Waals surface area contributed by atoms with E-state index in [2.05, 4.69) is 80.7 Å². The van der Waals surface area contributed by atoms with Crippen molar-refractivity contribution in [3.63, 3.8) is 0 Å². The van der Waals surface area contributed by atoms with Crippen LogP contribution in [0.25, 0.3) is 16.6 Å². The number of halogens is 1. The second-order valence-corrected chi connectivity index (χ2v) is 25.6. The number of nitrogens with zero attached hydrogens (tertiary/aromatic N) is 6. The van der Waals surface area contributed by atoms with Crippen LogP contribution in [0.5, 0.6) is 11.5 Å². The van der Waals surface area contributed by atoms with Gasteiger partial charge in [-0.15, -0.1) is 9.41 Å². The van der Waals surface area contributed by atoms with Gasteiger partial charge in [-0.25, -0.2) is 18.1 Å². The lowest BCUT2D eigenvalue weighted by molar-refractivity contribution is -0.385. The Bertz CT molecular complexity index is 2960. The Kier molecular flexibility index (Phi) is 15.3. The number of piperidine rings is 1. The number of aromatic nitrogens is 2. The van der Waals surface area contributed by atoms with Gasteiger partial charge in [0, 0.05) is 85.8 Å². The smallest absolute Gasteiger partial charge is 0.273 e. The first-order chi connectivity index (χ1) is 32.8. The molecular weight excluding hydrogens is 932 g/mol. The van der Waals surface area contributed by atoms with Gasteiger partial charge < -0.3 is 19.5 Å². The van der Waals surface area contributed by atoms with Crippen LogP contribution >= 0.6 is 11.6 Å². The molecule has 0 spiro atoms. The standard InChI is InChI=1S/C52H65ClN8O6S2/c1-36(17-22-58-23-18-42(19-24-58)56-68(4,5)6)29-38-9-13-45(32-48(38)61(63)64)69(65,66)57-51(62)46-14-12-43(31-49(46)67-44-30-39-16-21-54-50(39)55-34-44)60-27-25-59(26-28-60)35-40-15-20-52(2,3)33-47(40)37-7-10-41(53)11-8-37/h7-14,16,21,30-32,34,36,42H,4,15,17-20,22-29,33,35H2,1-3,5-6H3,(H,54,55)(H,57,62)/t36-/m0/s1. The molecule has 2 aromatic heterocycles. The molecule has 2 N–H and O–H groups in total. The minimum atomic E-state index is -4.56. The molecule has 4 heterocycles. The van der Waals surface area contributed by atoms with Gasteiger partial charge >= 0.3 is 0 Å². The molecule has 69 heavy (non-hydrogen) atoms. The van der Waals surface area contributed by atoms with E-state index in [9.17, 15) is 23.3 Å². The van der Waals surface area contributed by atoms with Crippen LogP contribution in [0, 0.1) is 21.4 Å². The van der Waals surface area contributed by atoms with Crippen LogP contribution in [-0.4, -0.2) is 116 Å². The molecule has 0 saturated carbocycles. The highest BCUT2D eigenvalue weighted by Crippen LogP contribution is 2.43. The number of nitrogens with one attached hydrogen (secondary N) is 2. The predicted molar refractivity (Wildman–Crippen MR) is 281 cm³/mol. The Balaban J connectivity index is 0.956. The second kappa shape index (κ2) is 21.0. The summed E-state index contributed by atoms with van der Waals surface area (Å²) in [6.45, 7) is 13.5. The van der Waals surface area contributed by atoms with E-state index in [1.807, 2.05) is 18.2 Å². The number of H-pyrrole nitrogens is 1. The fourth-order valence-corrected chi connectivity index (χ4v) is 11.9. The molecule has 2 fully saturated rings. The molecule has 8 rings (SSSR count). The first-order valence-electron chi connectivity index (χ1n) is 23.8. The number of nitro groups is 1. The summed E-state index contributed by atoms with van der Waals surface area (Å²) in [5.41, 5.74) is 5.93. The fraction of sp³-hybridized carbons (Fsp3) is 0.442. The molecule has 0 radical (unpaired) electrons. The topological polar surface area (TPSA) is 166 Å². The van der Waals surface area contributed by atoms with E-state index in [0.717, 1.165) is 113 Å². The summed E-state index contributed by atoms with van der Waals surface area (Å²) in [6, 6.07) is 21.2. The number of hydrogen-bond donors (Lipinski definition) is 2. The number of fused-ring (bicyclic) bond motifs is 1. The SMILES string of the molecule is C=S(C)(C)=NC1CCN(CC[C@H](C)Cc2ccc(S(=O)(=O)NC(=O)c3ccc(N4CCN(CC5=C(c6ccc(Cl)cc6)CC(C)(C)CC5)CC4)cc3Oc3cnc4[nH]ccc4c3)cc2[N+](=O)[O-])CC1. The molecule has 14 nitrogen and oxygen atoms in total. The van der Waals surface area contributed by atoms with E-state index in [4.69, 9.17) is 20.7 Å². The number of benzene rings is 3. The van der Waals surface area contributed by atoms with Gasteiger partial charge in [-0.1, -0.05) is 62.0 Å². The number of anilines is 1. The second-order valence-electron chi connectivity index (χ2n) is 20.3. The number of carbonyl (C=O) groups excluding carboxylic acids is 1. The summed E-state index contributed by atoms with van der Waals surface area (Å²) in [4.78, 5) is 40.2. The molecule has 368 valence electrons. The van der Waals surface area contributed by atoms with E-state index >= 15 is 0 Å². The first-order valence-corrected chi connectivity index (χ1v) is 28.3. The molecule has 5 aromatic rings. The summed E-state index contributed by atoms with van der Waals surface area (Å²) < 4.78 is 41.2. The van der Waals surface area contributed by atoms with Gasteiger partial charge in [-0.05, 0) is 129 Å². The lowest BCUT2D eigenvalue weighted by Gasteiger charge is -2.39. The summed E-state index contributed by atoms with van der Waals surface area (Å²) in [6.07, 6.45) is 14.0. The van der Waals surface area contributed by atoms with Crippen LogP contribution in [0.4, 0.5) is 11.4 Å². The van der Waals surface area contributed by atoms with Gasteiger partial charge in [0.25, 0.3) is 21.6 Å². The Morgan fingerprint density at radius 1 is 1.01 bits per heavy atom. The quantitative estimate of drug-likeness (QED) is 0.0552. The molecule has 0 bridgehead atoms. The molecule has 1 amide bonds. The Hall–Kier alpha value is -5.26. The maximum Gasteiger partial charge on any atom is 0.273 e. The van der Waals surface area contributed by atoms with Crippen LogP contribution in [0.3, 0.4) is 0 Å². The van der Waals surface area contributed by atoms with Crippen molar-refractivity contribution in [3.05, 3.63) is 123 Å². The number of carbonyl (C=O) groups is 1. The fourth-order valence-electron chi connectivity index (χ4n) is 9.80. The third kappa shape index (κ3) is 12.9. The van der Waals surface area contributed by atoms with E-state index in [1.54, 1.807) is 30.5 Å². The maximum absolute atomic E-state index is 14.1. The number of piperazine rings is 1. The number of pyridine rings is 1. The number of hydrogen-bond acceptors (Lipinski definition) is 11. The zero-order valence-corrected chi connectivity index (χ0v) is 42.8. The largest absolute Gasteiger partial charge is 0.455 e. The lowest BCUT2D eigenvalue weighted by atomic mass is 9.72. The average Bonchev–Trinajstić information content (AvgIpc) is 3.77. The number of rotatable bonds is 16. The van der Waals surface area contributed by atoms with Crippen molar-refractivity contribution in [3.8, 4) is 11.5 Å². The van der Waals surface area contributed by atoms with Gasteiger partial charge in [0.2, 0.25) is 0 Å². The molecular formula is C52H65ClN8O6S2. The third-order valence-electron chi connectivity index (χ3n) is 13.6. The molecule has 3 aromatic carbocycles. The highest BCUT2D eigenvalue weighted by Gasteiger charge is 2.31. The number of ether oxygens (including phenoxy) is 1. The summed E-state index contributed by atoms with van der Waals surface area (Å²) in [5.74, 6) is 3.86. The van der Waals surface area contributed by atoms with Crippen molar-refractivity contribution in [1.82, 2.24) is 24.5 Å². The van der Waals surface area contributed by atoms with Gasteiger partial charge in [0.05, 0.1) is 27.6 Å². The van der Waals surface area contributed by atoms with Crippen molar-refractivity contribution in [2.45, 2.75) is 76.7 Å². The van der Waals surface area contributed by atoms with Crippen LogP contribution in [0.15, 0.2) is 100 Å². The van der Waals surface area contributed by atoms with Crippen molar-refractivity contribution < 1.29 is 22.9 Å². The zero-order valence-electron chi connectivity index (χ0n) is 40.4.